The van der Waals surface area contributed by atoms with E-state index in [1.807, 2.05) is 23.7 Å². The minimum absolute atomic E-state index is 0.291. The summed E-state index contributed by atoms with van der Waals surface area (Å²) in [6.07, 6.45) is 0.939. The molecule has 1 aromatic heterocycles. The summed E-state index contributed by atoms with van der Waals surface area (Å²) in [6, 6.07) is 18.3. The minimum Gasteiger partial charge on any atom is -0.394 e. The lowest BCUT2D eigenvalue weighted by Crippen LogP contribution is -2.34. The van der Waals surface area contributed by atoms with Crippen LogP contribution in [0.1, 0.15) is 39.3 Å². The van der Waals surface area contributed by atoms with Crippen LogP contribution in [0.3, 0.4) is 0 Å². The third kappa shape index (κ3) is 6.40. The van der Waals surface area contributed by atoms with E-state index in [0.29, 0.717) is 11.3 Å². The van der Waals surface area contributed by atoms with Crippen molar-refractivity contribution in [1.29, 1.82) is 5.26 Å². The largest absolute Gasteiger partial charge is 0.394 e. The van der Waals surface area contributed by atoms with Gasteiger partial charge in [-0.2, -0.15) is 5.26 Å². The number of nitriles is 1. The van der Waals surface area contributed by atoms with Gasteiger partial charge < -0.3 is 19.7 Å². The van der Waals surface area contributed by atoms with Crippen molar-refractivity contribution < 1.29 is 18.6 Å². The molecule has 3 N–H and O–H groups in total. The molecule has 0 saturated carbocycles. The summed E-state index contributed by atoms with van der Waals surface area (Å²) in [7, 11) is -2.33. The van der Waals surface area contributed by atoms with Crippen LogP contribution in [0.25, 0.3) is 27.6 Å². The van der Waals surface area contributed by atoms with Crippen LogP contribution in [-0.2, 0) is 17.1 Å². The SMILES string of the molecule is CCCN(CCC)c1ccc2cc(-c3ccc(/C(C)=C(\C#N)S(=O)(=O)NCC(O)CO)n3C)ccc2c1. The number of rotatable bonds is 12. The van der Waals surface area contributed by atoms with E-state index in [-0.39, 0.29) is 6.54 Å². The summed E-state index contributed by atoms with van der Waals surface area (Å²) in [4.78, 5) is 1.98. The Morgan fingerprint density at radius 2 is 1.73 bits per heavy atom. The number of aromatic nitrogens is 1. The first-order chi connectivity index (χ1) is 17.7. The standard InChI is InChI=1S/C28H36N4O4S/c1-5-13-32(14-6-2)24-10-9-21-15-23(8-7-22(21)16-24)27-12-11-26(31(27)4)20(3)28(17-29)37(35,36)30-18-25(34)19-33/h7-12,15-16,25,30,33-34H,5-6,13-14,18-19H2,1-4H3/b28-20+. The molecule has 9 heteroatoms. The van der Waals surface area contributed by atoms with Gasteiger partial charge in [0.25, 0.3) is 10.0 Å². The molecule has 1 unspecified atom stereocenters. The van der Waals surface area contributed by atoms with E-state index in [0.717, 1.165) is 48.0 Å². The van der Waals surface area contributed by atoms with Gasteiger partial charge in [0.2, 0.25) is 0 Å². The first-order valence-corrected chi connectivity index (χ1v) is 14.0. The van der Waals surface area contributed by atoms with Crippen molar-refractivity contribution in [2.24, 2.45) is 7.05 Å². The molecular formula is C28H36N4O4S. The van der Waals surface area contributed by atoms with Gasteiger partial charge >= 0.3 is 0 Å². The van der Waals surface area contributed by atoms with Gasteiger partial charge in [-0.15, -0.1) is 0 Å². The number of fused-ring (bicyclic) bond motifs is 1. The zero-order chi connectivity index (χ0) is 27.2. The van der Waals surface area contributed by atoms with Crippen LogP contribution < -0.4 is 9.62 Å². The number of hydrogen-bond donors (Lipinski definition) is 3. The molecule has 0 fully saturated rings. The fraction of sp³-hybridized carbons (Fsp3) is 0.393. The molecule has 2 aromatic carbocycles. The van der Waals surface area contributed by atoms with Crippen LogP contribution in [0.2, 0.25) is 0 Å². The van der Waals surface area contributed by atoms with Crippen molar-refractivity contribution in [3.05, 3.63) is 59.1 Å². The zero-order valence-corrected chi connectivity index (χ0v) is 22.7. The van der Waals surface area contributed by atoms with Crippen molar-refractivity contribution >= 4 is 32.1 Å². The smallest absolute Gasteiger partial charge is 0.251 e. The second kappa shape index (κ2) is 12.4. The predicted octanol–water partition coefficient (Wildman–Crippen LogP) is 4.00. The van der Waals surface area contributed by atoms with Crippen molar-refractivity contribution in [3.63, 3.8) is 0 Å². The number of hydrogen-bond acceptors (Lipinski definition) is 6. The highest BCUT2D eigenvalue weighted by Gasteiger charge is 2.23. The molecule has 0 radical (unpaired) electrons. The molecule has 8 nitrogen and oxygen atoms in total. The summed E-state index contributed by atoms with van der Waals surface area (Å²) in [5, 5.41) is 30.3. The van der Waals surface area contributed by atoms with Gasteiger partial charge in [-0.05, 0) is 66.4 Å². The topological polar surface area (TPSA) is 119 Å². The predicted molar refractivity (Wildman–Crippen MR) is 149 cm³/mol. The lowest BCUT2D eigenvalue weighted by Gasteiger charge is -2.24. The van der Waals surface area contributed by atoms with Crippen LogP contribution in [0, 0.1) is 11.3 Å². The summed E-state index contributed by atoms with van der Waals surface area (Å²) in [6.45, 7) is 7.03. The minimum atomic E-state index is -4.17. The quantitative estimate of drug-likeness (QED) is 0.308. The monoisotopic (exact) mass is 524 g/mol. The fourth-order valence-electron chi connectivity index (χ4n) is 4.48. The second-order valence-corrected chi connectivity index (χ2v) is 10.9. The molecule has 0 aliphatic carbocycles. The lowest BCUT2D eigenvalue weighted by atomic mass is 10.0. The molecule has 0 aliphatic rings. The van der Waals surface area contributed by atoms with E-state index < -0.39 is 27.6 Å². The summed E-state index contributed by atoms with van der Waals surface area (Å²) < 4.78 is 29.4. The van der Waals surface area contributed by atoms with E-state index in [4.69, 9.17) is 5.11 Å². The molecule has 1 heterocycles. The molecule has 0 aliphatic heterocycles. The Morgan fingerprint density at radius 3 is 2.35 bits per heavy atom. The second-order valence-electron chi connectivity index (χ2n) is 9.15. The number of anilines is 1. The van der Waals surface area contributed by atoms with E-state index in [1.165, 1.54) is 5.69 Å². The first-order valence-electron chi connectivity index (χ1n) is 12.5. The average Bonchev–Trinajstić information content (AvgIpc) is 3.27. The highest BCUT2D eigenvalue weighted by atomic mass is 32.2. The number of benzene rings is 2. The molecule has 0 bridgehead atoms. The van der Waals surface area contributed by atoms with Gasteiger partial charge in [0.05, 0.1) is 12.7 Å². The van der Waals surface area contributed by atoms with Gasteiger partial charge in [-0.1, -0.05) is 32.0 Å². The summed E-state index contributed by atoms with van der Waals surface area (Å²) in [5.74, 6) is 0. The maximum Gasteiger partial charge on any atom is 0.251 e. The molecule has 1 atom stereocenters. The van der Waals surface area contributed by atoms with Gasteiger partial charge in [-0.25, -0.2) is 13.1 Å². The van der Waals surface area contributed by atoms with Crippen molar-refractivity contribution in [2.45, 2.75) is 39.7 Å². The number of sulfonamides is 1. The number of nitrogens with one attached hydrogen (secondary N) is 1. The van der Waals surface area contributed by atoms with Gasteiger partial charge in [-0.3, -0.25) is 0 Å². The van der Waals surface area contributed by atoms with Crippen molar-refractivity contribution in [3.8, 4) is 17.3 Å². The van der Waals surface area contributed by atoms with E-state index in [1.54, 1.807) is 19.1 Å². The van der Waals surface area contributed by atoms with Crippen LogP contribution in [0.4, 0.5) is 5.69 Å². The lowest BCUT2D eigenvalue weighted by molar-refractivity contribution is 0.0989. The van der Waals surface area contributed by atoms with Crippen molar-refractivity contribution in [2.75, 3.05) is 31.1 Å². The highest BCUT2D eigenvalue weighted by Crippen LogP contribution is 2.31. The Labute approximate surface area is 219 Å². The molecular weight excluding hydrogens is 488 g/mol. The molecule has 3 rings (SSSR count). The van der Waals surface area contributed by atoms with Crippen molar-refractivity contribution in [1.82, 2.24) is 9.29 Å². The Hall–Kier alpha value is -3.16. The molecule has 3 aromatic rings. The van der Waals surface area contributed by atoms with Gasteiger partial charge in [0.15, 0.2) is 4.91 Å². The maximum absolute atomic E-state index is 12.7. The zero-order valence-electron chi connectivity index (χ0n) is 21.9. The Balaban J connectivity index is 1.96. The number of aliphatic hydroxyl groups excluding tert-OH is 2. The fourth-order valence-corrected chi connectivity index (χ4v) is 5.67. The number of nitrogens with zero attached hydrogens (tertiary/aromatic N) is 3. The summed E-state index contributed by atoms with van der Waals surface area (Å²) in [5.41, 5.74) is 3.96. The normalized spacial score (nSPS) is 13.3. The van der Waals surface area contributed by atoms with Crippen LogP contribution in [0.15, 0.2) is 53.4 Å². The van der Waals surface area contributed by atoms with Crippen LogP contribution in [0.5, 0.6) is 0 Å². The first kappa shape index (κ1) is 28.4. The molecule has 198 valence electrons. The molecule has 37 heavy (non-hydrogen) atoms. The molecule has 0 saturated heterocycles. The number of allylic oxidation sites excluding steroid dienone is 2. The number of aliphatic hydroxyl groups is 2. The van der Waals surface area contributed by atoms with E-state index >= 15 is 0 Å². The highest BCUT2D eigenvalue weighted by molar-refractivity contribution is 7.93. The molecule has 0 amide bonds. The van der Waals surface area contributed by atoms with Crippen LogP contribution in [-0.4, -0.2) is 55.5 Å². The Kier molecular flexibility index (Phi) is 9.51. The van der Waals surface area contributed by atoms with Gasteiger partial charge in [0.1, 0.15) is 6.07 Å². The summed E-state index contributed by atoms with van der Waals surface area (Å²) >= 11 is 0. The molecule has 0 spiro atoms. The Bertz CT molecular complexity index is 1410. The average molecular weight is 525 g/mol. The van der Waals surface area contributed by atoms with Gasteiger partial charge in [0, 0.05) is 49.3 Å². The third-order valence-electron chi connectivity index (χ3n) is 6.41. The van der Waals surface area contributed by atoms with E-state index in [9.17, 15) is 18.8 Å². The van der Waals surface area contributed by atoms with E-state index in [2.05, 4.69) is 53.8 Å². The third-order valence-corrected chi connectivity index (χ3v) is 7.89. The maximum atomic E-state index is 12.7. The Morgan fingerprint density at radius 1 is 1.08 bits per heavy atom. The van der Waals surface area contributed by atoms with Crippen LogP contribution >= 0.6 is 0 Å².